The van der Waals surface area contributed by atoms with Crippen molar-refractivity contribution in [3.8, 4) is 0 Å². The quantitative estimate of drug-likeness (QED) is 0.822. The van der Waals surface area contributed by atoms with Gasteiger partial charge in [0.15, 0.2) is 0 Å². The molecule has 1 unspecified atom stereocenters. The monoisotopic (exact) mass is 220 g/mol. The Morgan fingerprint density at radius 2 is 2.13 bits per heavy atom. The molecule has 0 saturated carbocycles. The Morgan fingerprint density at radius 3 is 2.73 bits per heavy atom. The molecule has 1 atom stereocenters. The maximum Gasteiger partial charge on any atom is 0.202 e. The molecule has 3 N–H and O–H groups in total. The first kappa shape index (κ1) is 10.1. The fourth-order valence-corrected chi connectivity index (χ4v) is 1.83. The van der Waals surface area contributed by atoms with Crippen LogP contribution in [0.3, 0.4) is 0 Å². The van der Waals surface area contributed by atoms with Crippen molar-refractivity contribution >= 4 is 16.7 Å². The summed E-state index contributed by atoms with van der Waals surface area (Å²) in [5.74, 6) is 0. The molecule has 0 aliphatic carbocycles. The van der Waals surface area contributed by atoms with Crippen molar-refractivity contribution in [3.63, 3.8) is 0 Å². The van der Waals surface area contributed by atoms with Gasteiger partial charge in [-0.15, -0.1) is 0 Å². The molecular weight excluding hydrogens is 208 g/mol. The molecule has 0 saturated heterocycles. The van der Waals surface area contributed by atoms with E-state index in [0.717, 1.165) is 10.7 Å². The minimum absolute atomic E-state index is 0.0964. The maximum atomic E-state index is 5.72. The smallest absolute Gasteiger partial charge is 0.202 e. The van der Waals surface area contributed by atoms with Crippen LogP contribution >= 0.6 is 11.5 Å². The molecule has 0 fully saturated rings. The Labute approximate surface area is 92.3 Å². The number of benzene rings is 1. The Hall–Kier alpha value is -1.46. The molecule has 2 rings (SSSR count). The molecule has 4 nitrogen and oxygen atoms in total. The van der Waals surface area contributed by atoms with Gasteiger partial charge in [0, 0.05) is 18.1 Å². The molecule has 5 heteroatoms. The number of hydrogen-bond donors (Lipinski definition) is 2. The second-order valence-corrected chi connectivity index (χ2v) is 3.87. The molecule has 0 bridgehead atoms. The van der Waals surface area contributed by atoms with Gasteiger partial charge in [-0.2, -0.15) is 4.37 Å². The molecule has 78 valence electrons. The van der Waals surface area contributed by atoms with Gasteiger partial charge >= 0.3 is 0 Å². The van der Waals surface area contributed by atoms with Crippen LogP contribution in [0.25, 0.3) is 0 Å². The lowest BCUT2D eigenvalue weighted by atomic mass is 10.1. The first-order chi connectivity index (χ1) is 7.40. The van der Waals surface area contributed by atoms with Gasteiger partial charge in [-0.3, -0.25) is 0 Å². The second kappa shape index (κ2) is 4.86. The number of nitrogens with zero attached hydrogens (tertiary/aromatic N) is 2. The van der Waals surface area contributed by atoms with Crippen LogP contribution in [0, 0.1) is 0 Å². The van der Waals surface area contributed by atoms with Crippen LogP contribution in [-0.4, -0.2) is 15.9 Å². The van der Waals surface area contributed by atoms with Gasteiger partial charge in [0.2, 0.25) is 5.13 Å². The van der Waals surface area contributed by atoms with Crippen LogP contribution in [0.1, 0.15) is 11.6 Å². The fourth-order valence-electron chi connectivity index (χ4n) is 1.35. The summed E-state index contributed by atoms with van der Waals surface area (Å²) in [5, 5.41) is 4.05. The molecule has 0 radical (unpaired) electrons. The van der Waals surface area contributed by atoms with E-state index in [0.29, 0.717) is 6.54 Å². The normalized spacial score (nSPS) is 12.3. The van der Waals surface area contributed by atoms with Crippen LogP contribution in [0.4, 0.5) is 5.13 Å². The Balaban J connectivity index is 2.12. The fraction of sp³-hybridized carbons (Fsp3) is 0.200. The first-order valence-electron chi connectivity index (χ1n) is 4.68. The van der Waals surface area contributed by atoms with Crippen LogP contribution in [-0.2, 0) is 0 Å². The summed E-state index contributed by atoms with van der Waals surface area (Å²) in [7, 11) is 0. The largest absolute Gasteiger partial charge is 0.352 e. The van der Waals surface area contributed by atoms with Gasteiger partial charge in [0.1, 0.15) is 6.33 Å². The van der Waals surface area contributed by atoms with Crippen molar-refractivity contribution in [3.05, 3.63) is 42.2 Å². The Morgan fingerprint density at radius 1 is 1.33 bits per heavy atom. The van der Waals surface area contributed by atoms with Gasteiger partial charge < -0.3 is 11.1 Å². The van der Waals surface area contributed by atoms with Gasteiger partial charge in [-0.05, 0) is 5.56 Å². The van der Waals surface area contributed by atoms with E-state index in [2.05, 4.69) is 14.7 Å². The molecule has 15 heavy (non-hydrogen) atoms. The van der Waals surface area contributed by atoms with E-state index in [-0.39, 0.29) is 6.04 Å². The van der Waals surface area contributed by atoms with E-state index < -0.39 is 0 Å². The molecule has 1 heterocycles. The van der Waals surface area contributed by atoms with E-state index in [1.54, 1.807) is 0 Å². The summed E-state index contributed by atoms with van der Waals surface area (Å²) in [4.78, 5) is 4.07. The molecule has 0 aliphatic rings. The number of nitrogens with two attached hydrogens (primary N) is 1. The highest BCUT2D eigenvalue weighted by molar-refractivity contribution is 7.09. The van der Waals surface area contributed by atoms with Crippen LogP contribution in [0.2, 0.25) is 0 Å². The molecule has 0 spiro atoms. The van der Waals surface area contributed by atoms with Crippen molar-refractivity contribution in [1.82, 2.24) is 9.36 Å². The third kappa shape index (κ3) is 2.51. The van der Waals surface area contributed by atoms with Crippen molar-refractivity contribution in [2.75, 3.05) is 11.9 Å². The lowest BCUT2D eigenvalue weighted by Gasteiger charge is -2.15. The zero-order valence-corrected chi connectivity index (χ0v) is 8.95. The highest BCUT2D eigenvalue weighted by Gasteiger charge is 2.09. The zero-order chi connectivity index (χ0) is 10.5. The molecule has 2 aromatic rings. The number of rotatable bonds is 4. The molecular formula is C10H12N4S. The number of hydrogen-bond acceptors (Lipinski definition) is 5. The lowest BCUT2D eigenvalue weighted by Crippen LogP contribution is -2.20. The lowest BCUT2D eigenvalue weighted by molar-refractivity contribution is 0.788. The average molecular weight is 220 g/mol. The first-order valence-corrected chi connectivity index (χ1v) is 5.45. The molecule has 1 aromatic heterocycles. The highest BCUT2D eigenvalue weighted by Crippen LogP contribution is 2.18. The third-order valence-electron chi connectivity index (χ3n) is 2.10. The van der Waals surface area contributed by atoms with E-state index in [9.17, 15) is 0 Å². The molecule has 0 amide bonds. The predicted molar refractivity (Wildman–Crippen MR) is 61.8 cm³/mol. The Bertz CT molecular complexity index is 387. The summed E-state index contributed by atoms with van der Waals surface area (Å²) >= 11 is 1.33. The van der Waals surface area contributed by atoms with Crippen molar-refractivity contribution in [2.45, 2.75) is 6.04 Å². The standard InChI is InChI=1S/C10H12N4S/c11-6-9(8-4-2-1-3-5-8)14-10-12-7-13-15-10/h1-5,7,9H,6,11H2,(H,12,13,14). The number of aromatic nitrogens is 2. The summed E-state index contributed by atoms with van der Waals surface area (Å²) in [6, 6.07) is 10.2. The highest BCUT2D eigenvalue weighted by atomic mass is 32.1. The average Bonchev–Trinajstić information content (AvgIpc) is 2.80. The predicted octanol–water partition coefficient (Wildman–Crippen LogP) is 1.65. The van der Waals surface area contributed by atoms with E-state index in [1.807, 2.05) is 30.3 Å². The maximum absolute atomic E-state index is 5.72. The van der Waals surface area contributed by atoms with Crippen molar-refractivity contribution in [2.24, 2.45) is 5.73 Å². The summed E-state index contributed by atoms with van der Waals surface area (Å²) in [6.07, 6.45) is 1.53. The minimum Gasteiger partial charge on any atom is -0.352 e. The number of nitrogens with one attached hydrogen (secondary N) is 1. The zero-order valence-electron chi connectivity index (χ0n) is 8.13. The van der Waals surface area contributed by atoms with Crippen LogP contribution < -0.4 is 11.1 Å². The SMILES string of the molecule is NCC(Nc1ncns1)c1ccccc1. The Kier molecular flexibility index (Phi) is 3.26. The van der Waals surface area contributed by atoms with E-state index in [1.165, 1.54) is 17.9 Å². The van der Waals surface area contributed by atoms with Gasteiger partial charge in [0.25, 0.3) is 0 Å². The molecule has 0 aliphatic heterocycles. The minimum atomic E-state index is 0.0964. The van der Waals surface area contributed by atoms with E-state index >= 15 is 0 Å². The van der Waals surface area contributed by atoms with E-state index in [4.69, 9.17) is 5.73 Å². The summed E-state index contributed by atoms with van der Waals surface area (Å²) in [6.45, 7) is 0.531. The van der Waals surface area contributed by atoms with Crippen molar-refractivity contribution < 1.29 is 0 Å². The van der Waals surface area contributed by atoms with Gasteiger partial charge in [-0.25, -0.2) is 4.98 Å². The van der Waals surface area contributed by atoms with Crippen LogP contribution in [0.15, 0.2) is 36.7 Å². The van der Waals surface area contributed by atoms with Gasteiger partial charge in [0.05, 0.1) is 6.04 Å². The third-order valence-corrected chi connectivity index (χ3v) is 2.69. The number of anilines is 1. The van der Waals surface area contributed by atoms with Crippen LogP contribution in [0.5, 0.6) is 0 Å². The van der Waals surface area contributed by atoms with Crippen molar-refractivity contribution in [1.29, 1.82) is 0 Å². The molecule has 1 aromatic carbocycles. The second-order valence-electron chi connectivity index (χ2n) is 3.09. The van der Waals surface area contributed by atoms with Gasteiger partial charge in [-0.1, -0.05) is 30.3 Å². The summed E-state index contributed by atoms with van der Waals surface area (Å²) in [5.41, 5.74) is 6.88. The topological polar surface area (TPSA) is 63.8 Å². The summed E-state index contributed by atoms with van der Waals surface area (Å²) < 4.78 is 3.93.